The van der Waals surface area contributed by atoms with Gasteiger partial charge in [0.2, 0.25) is 0 Å². The van der Waals surface area contributed by atoms with Gasteiger partial charge in [-0.05, 0) is 31.6 Å². The molecule has 0 saturated carbocycles. The first-order valence-corrected chi connectivity index (χ1v) is 4.47. The van der Waals surface area contributed by atoms with Crippen molar-refractivity contribution in [1.29, 1.82) is 0 Å². The second kappa shape index (κ2) is 3.23. The Kier molecular flexibility index (Phi) is 2.07. The van der Waals surface area contributed by atoms with Gasteiger partial charge < -0.3 is 9.88 Å². The summed E-state index contributed by atoms with van der Waals surface area (Å²) < 4.78 is 0. The molecule has 1 aromatic carbocycles. The number of fused-ring (bicyclic) bond motifs is 1. The first kappa shape index (κ1) is 8.32. The molecule has 2 aromatic rings. The van der Waals surface area contributed by atoms with Crippen molar-refractivity contribution in [3.05, 3.63) is 36.0 Å². The van der Waals surface area contributed by atoms with Crippen LogP contribution in [0.1, 0.15) is 5.69 Å². The maximum atomic E-state index is 3.39. The van der Waals surface area contributed by atoms with Crippen LogP contribution in [0.15, 0.2) is 30.3 Å². The zero-order chi connectivity index (χ0) is 9.26. The van der Waals surface area contributed by atoms with Crippen LogP contribution < -0.4 is 0 Å². The van der Waals surface area contributed by atoms with Crippen LogP contribution >= 0.6 is 0 Å². The average molecular weight is 174 g/mol. The second-order valence-electron chi connectivity index (χ2n) is 3.62. The first-order chi connectivity index (χ1) is 6.25. The van der Waals surface area contributed by atoms with Crippen molar-refractivity contribution in [3.63, 3.8) is 0 Å². The van der Waals surface area contributed by atoms with Gasteiger partial charge in [-0.25, -0.2) is 0 Å². The van der Waals surface area contributed by atoms with E-state index in [1.54, 1.807) is 0 Å². The minimum Gasteiger partial charge on any atom is -0.357 e. The van der Waals surface area contributed by atoms with Crippen LogP contribution in [0, 0.1) is 0 Å². The molecule has 2 heteroatoms. The molecule has 0 aliphatic carbocycles. The molecule has 2 nitrogen and oxygen atoms in total. The van der Waals surface area contributed by atoms with E-state index in [1.807, 2.05) is 0 Å². The largest absolute Gasteiger partial charge is 0.357 e. The maximum Gasteiger partial charge on any atom is 0.0456 e. The Morgan fingerprint density at radius 3 is 2.69 bits per heavy atom. The molecular weight excluding hydrogens is 160 g/mol. The van der Waals surface area contributed by atoms with E-state index in [0.29, 0.717) is 0 Å². The molecule has 0 fully saturated rings. The van der Waals surface area contributed by atoms with Crippen molar-refractivity contribution >= 4 is 10.9 Å². The van der Waals surface area contributed by atoms with Crippen molar-refractivity contribution in [2.45, 2.75) is 6.54 Å². The average Bonchev–Trinajstić information content (AvgIpc) is 2.44. The van der Waals surface area contributed by atoms with Crippen molar-refractivity contribution in [2.24, 2.45) is 0 Å². The minimum atomic E-state index is 0.967. The lowest BCUT2D eigenvalue weighted by Gasteiger charge is -2.06. The highest BCUT2D eigenvalue weighted by atomic mass is 15.1. The molecule has 0 atom stereocenters. The summed E-state index contributed by atoms with van der Waals surface area (Å²) in [4.78, 5) is 5.54. The molecule has 13 heavy (non-hydrogen) atoms. The molecule has 0 saturated heterocycles. The fourth-order valence-corrected chi connectivity index (χ4v) is 1.56. The molecule has 0 amide bonds. The van der Waals surface area contributed by atoms with E-state index in [1.165, 1.54) is 16.6 Å². The molecule has 0 spiro atoms. The Morgan fingerprint density at radius 1 is 1.23 bits per heavy atom. The Hall–Kier alpha value is -1.28. The Balaban J connectivity index is 2.38. The summed E-state index contributed by atoms with van der Waals surface area (Å²) in [7, 11) is 4.15. The predicted octanol–water partition coefficient (Wildman–Crippen LogP) is 2.23. The third-order valence-electron chi connectivity index (χ3n) is 2.07. The van der Waals surface area contributed by atoms with E-state index in [-0.39, 0.29) is 0 Å². The van der Waals surface area contributed by atoms with Gasteiger partial charge in [0, 0.05) is 17.8 Å². The van der Waals surface area contributed by atoms with Gasteiger partial charge in [-0.2, -0.15) is 0 Å². The molecule has 0 aliphatic heterocycles. The van der Waals surface area contributed by atoms with E-state index < -0.39 is 0 Å². The highest BCUT2D eigenvalue weighted by Gasteiger charge is 1.99. The molecule has 1 N–H and O–H groups in total. The molecule has 0 aliphatic rings. The number of hydrogen-bond donors (Lipinski definition) is 1. The molecule has 0 unspecified atom stereocenters. The number of nitrogens with zero attached hydrogens (tertiary/aromatic N) is 1. The van der Waals surface area contributed by atoms with Crippen LogP contribution in [-0.2, 0) is 6.54 Å². The van der Waals surface area contributed by atoms with Crippen LogP contribution in [0.3, 0.4) is 0 Å². The Bertz CT molecular complexity index is 368. The molecule has 0 radical (unpaired) electrons. The molecule has 1 heterocycles. The zero-order valence-corrected chi connectivity index (χ0v) is 8.04. The Morgan fingerprint density at radius 2 is 2.00 bits per heavy atom. The fourth-order valence-electron chi connectivity index (χ4n) is 1.56. The number of aromatic nitrogens is 1. The standard InChI is InChI=1S/C11H14N2/c1-13(2)8-10-7-9-5-3-4-6-11(9)12-10/h3-7,12H,8H2,1-2H3. The summed E-state index contributed by atoms with van der Waals surface area (Å²) in [5.74, 6) is 0. The highest BCUT2D eigenvalue weighted by Crippen LogP contribution is 2.14. The molecular formula is C11H14N2. The van der Waals surface area contributed by atoms with Gasteiger partial charge in [-0.3, -0.25) is 0 Å². The summed E-state index contributed by atoms with van der Waals surface area (Å²) in [6, 6.07) is 10.6. The van der Waals surface area contributed by atoms with Gasteiger partial charge in [-0.15, -0.1) is 0 Å². The summed E-state index contributed by atoms with van der Waals surface area (Å²) in [6.07, 6.45) is 0. The lowest BCUT2D eigenvalue weighted by atomic mass is 10.2. The van der Waals surface area contributed by atoms with Crippen LogP contribution in [-0.4, -0.2) is 24.0 Å². The van der Waals surface area contributed by atoms with E-state index in [2.05, 4.69) is 54.3 Å². The number of aromatic amines is 1. The predicted molar refractivity (Wildman–Crippen MR) is 55.7 cm³/mol. The van der Waals surface area contributed by atoms with Crippen molar-refractivity contribution in [3.8, 4) is 0 Å². The number of hydrogen-bond acceptors (Lipinski definition) is 1. The van der Waals surface area contributed by atoms with Gasteiger partial charge in [0.1, 0.15) is 0 Å². The van der Waals surface area contributed by atoms with Crippen LogP contribution in [0.4, 0.5) is 0 Å². The topological polar surface area (TPSA) is 19.0 Å². The van der Waals surface area contributed by atoms with Crippen molar-refractivity contribution < 1.29 is 0 Å². The quantitative estimate of drug-likeness (QED) is 0.739. The lowest BCUT2D eigenvalue weighted by molar-refractivity contribution is 0.398. The molecule has 1 aromatic heterocycles. The minimum absolute atomic E-state index is 0.967. The van der Waals surface area contributed by atoms with Gasteiger partial charge in [-0.1, -0.05) is 18.2 Å². The molecule has 0 bridgehead atoms. The number of benzene rings is 1. The second-order valence-corrected chi connectivity index (χ2v) is 3.62. The van der Waals surface area contributed by atoms with E-state index in [9.17, 15) is 0 Å². The van der Waals surface area contributed by atoms with Gasteiger partial charge >= 0.3 is 0 Å². The van der Waals surface area contributed by atoms with Gasteiger partial charge in [0.15, 0.2) is 0 Å². The first-order valence-electron chi connectivity index (χ1n) is 4.47. The summed E-state index contributed by atoms with van der Waals surface area (Å²) in [6.45, 7) is 0.967. The SMILES string of the molecule is CN(C)Cc1cc2ccccc2[nH]1. The maximum absolute atomic E-state index is 3.39. The van der Waals surface area contributed by atoms with E-state index >= 15 is 0 Å². The van der Waals surface area contributed by atoms with Crippen LogP contribution in [0.2, 0.25) is 0 Å². The smallest absolute Gasteiger partial charge is 0.0456 e. The third-order valence-corrected chi connectivity index (χ3v) is 2.07. The zero-order valence-electron chi connectivity index (χ0n) is 8.04. The fraction of sp³-hybridized carbons (Fsp3) is 0.273. The van der Waals surface area contributed by atoms with Crippen molar-refractivity contribution in [2.75, 3.05) is 14.1 Å². The van der Waals surface area contributed by atoms with Gasteiger partial charge in [0.05, 0.1) is 0 Å². The number of para-hydroxylation sites is 1. The summed E-state index contributed by atoms with van der Waals surface area (Å²) in [5, 5.41) is 1.29. The number of rotatable bonds is 2. The van der Waals surface area contributed by atoms with Gasteiger partial charge in [0.25, 0.3) is 0 Å². The molecule has 2 rings (SSSR count). The van der Waals surface area contributed by atoms with Crippen molar-refractivity contribution in [1.82, 2.24) is 9.88 Å². The highest BCUT2D eigenvalue weighted by molar-refractivity contribution is 5.80. The lowest BCUT2D eigenvalue weighted by Crippen LogP contribution is -2.10. The van der Waals surface area contributed by atoms with E-state index in [0.717, 1.165) is 6.54 Å². The normalized spacial score (nSPS) is 11.3. The number of nitrogens with one attached hydrogen (secondary N) is 1. The third kappa shape index (κ3) is 1.73. The van der Waals surface area contributed by atoms with Crippen LogP contribution in [0.25, 0.3) is 10.9 Å². The van der Waals surface area contributed by atoms with Crippen LogP contribution in [0.5, 0.6) is 0 Å². The molecule has 68 valence electrons. The monoisotopic (exact) mass is 174 g/mol. The summed E-state index contributed by atoms with van der Waals surface area (Å²) in [5.41, 5.74) is 2.49. The Labute approximate surface area is 78.2 Å². The number of H-pyrrole nitrogens is 1. The van der Waals surface area contributed by atoms with E-state index in [4.69, 9.17) is 0 Å². The summed E-state index contributed by atoms with van der Waals surface area (Å²) >= 11 is 0.